The van der Waals surface area contributed by atoms with Gasteiger partial charge in [0.05, 0.1) is 13.2 Å². The molecule has 3 atom stereocenters. The van der Waals surface area contributed by atoms with Crippen LogP contribution in [-0.4, -0.2) is 64.4 Å². The van der Waals surface area contributed by atoms with Gasteiger partial charge in [-0.1, -0.05) is 6.92 Å². The summed E-state index contributed by atoms with van der Waals surface area (Å²) in [4.78, 5) is 40.3. The second-order valence-corrected chi connectivity index (χ2v) is 5.46. The third-order valence-electron chi connectivity index (χ3n) is 3.69. The van der Waals surface area contributed by atoms with E-state index in [0.717, 1.165) is 9.13 Å². The molecule has 134 valence electrons. The second-order valence-electron chi connectivity index (χ2n) is 5.46. The maximum absolute atomic E-state index is 12.5. The van der Waals surface area contributed by atoms with E-state index < -0.39 is 48.4 Å². The number of nitrogens with zero attached hydrogens (tertiary/aromatic N) is 2. The van der Waals surface area contributed by atoms with Crippen LogP contribution in [0.2, 0.25) is 0 Å². The van der Waals surface area contributed by atoms with Crippen molar-refractivity contribution in [2.45, 2.75) is 44.7 Å². The molecule has 11 nitrogen and oxygen atoms in total. The number of imidazole rings is 1. The van der Waals surface area contributed by atoms with Crippen molar-refractivity contribution in [2.75, 3.05) is 6.61 Å². The summed E-state index contributed by atoms with van der Waals surface area (Å²) in [6, 6.07) is 0. The molecule has 2 aromatic rings. The molecule has 0 spiro atoms. The van der Waals surface area contributed by atoms with Gasteiger partial charge in [0.1, 0.15) is 24.0 Å². The molecule has 2 aromatic heterocycles. The maximum Gasteiger partial charge on any atom is 0.330 e. The van der Waals surface area contributed by atoms with Crippen LogP contribution in [0.15, 0.2) is 14.4 Å². The Kier molecular flexibility index (Phi) is 5.39. The van der Waals surface area contributed by atoms with Crippen molar-refractivity contribution in [3.63, 3.8) is 0 Å². The zero-order valence-corrected chi connectivity index (χ0v) is 13.0. The minimum absolute atomic E-state index is 0.0501. The second kappa shape index (κ2) is 7.13. The highest BCUT2D eigenvalue weighted by atomic mass is 16.4. The van der Waals surface area contributed by atoms with E-state index in [0.29, 0.717) is 6.42 Å². The van der Waals surface area contributed by atoms with Gasteiger partial charge >= 0.3 is 11.4 Å². The van der Waals surface area contributed by atoms with Crippen molar-refractivity contribution in [2.24, 2.45) is 0 Å². The Hall–Kier alpha value is -2.21. The molecule has 6 N–H and O–H groups in total. The number of rotatable bonds is 7. The number of hydrogen-bond acceptors (Lipinski definition) is 7. The first-order valence-electron chi connectivity index (χ1n) is 7.42. The Labute approximate surface area is 134 Å². The van der Waals surface area contributed by atoms with Crippen molar-refractivity contribution in [1.82, 2.24) is 19.1 Å². The molecule has 0 radical (unpaired) electrons. The van der Waals surface area contributed by atoms with Gasteiger partial charge in [-0.15, -0.1) is 0 Å². The van der Waals surface area contributed by atoms with E-state index in [1.807, 2.05) is 4.98 Å². The van der Waals surface area contributed by atoms with E-state index in [1.54, 1.807) is 6.92 Å². The van der Waals surface area contributed by atoms with Crippen LogP contribution in [0, 0.1) is 0 Å². The Morgan fingerprint density at radius 1 is 1.04 bits per heavy atom. The zero-order valence-electron chi connectivity index (χ0n) is 13.0. The van der Waals surface area contributed by atoms with Crippen LogP contribution in [0.5, 0.6) is 0 Å². The average Bonchev–Trinajstić information content (AvgIpc) is 2.79. The van der Waals surface area contributed by atoms with Crippen LogP contribution >= 0.6 is 0 Å². The van der Waals surface area contributed by atoms with Gasteiger partial charge in [-0.2, -0.15) is 0 Å². The lowest BCUT2D eigenvalue weighted by atomic mass is 10.1. The van der Waals surface area contributed by atoms with Gasteiger partial charge < -0.3 is 20.4 Å². The molecule has 0 unspecified atom stereocenters. The molecule has 0 aliphatic carbocycles. The molecule has 11 heteroatoms. The van der Waals surface area contributed by atoms with Crippen LogP contribution < -0.4 is 16.9 Å². The average molecular weight is 344 g/mol. The van der Waals surface area contributed by atoms with E-state index in [9.17, 15) is 29.7 Å². The molecule has 24 heavy (non-hydrogen) atoms. The van der Waals surface area contributed by atoms with Crippen molar-refractivity contribution in [3.8, 4) is 0 Å². The first-order chi connectivity index (χ1) is 11.3. The lowest BCUT2D eigenvalue weighted by molar-refractivity contribution is -0.0806. The highest BCUT2D eigenvalue weighted by Gasteiger charge is 2.27. The van der Waals surface area contributed by atoms with Crippen LogP contribution in [0.3, 0.4) is 0 Å². The summed E-state index contributed by atoms with van der Waals surface area (Å²) in [6.07, 6.45) is -4.36. The molecule has 0 aromatic carbocycles. The molecule has 2 rings (SSSR count). The number of aryl methyl sites for hydroxylation is 1. The quantitative estimate of drug-likeness (QED) is 0.304. The molecule has 0 bridgehead atoms. The fourth-order valence-corrected chi connectivity index (χ4v) is 2.51. The van der Waals surface area contributed by atoms with Crippen LogP contribution in [-0.2, 0) is 13.1 Å². The topological polar surface area (TPSA) is 174 Å². The number of aromatic nitrogens is 4. The molecule has 0 fully saturated rings. The monoisotopic (exact) mass is 344 g/mol. The number of hydrogen-bond donors (Lipinski definition) is 6. The fourth-order valence-electron chi connectivity index (χ4n) is 2.51. The molecular weight excluding hydrogens is 324 g/mol. The number of H-pyrrole nitrogens is 2. The Morgan fingerprint density at radius 2 is 1.71 bits per heavy atom. The summed E-state index contributed by atoms with van der Waals surface area (Å²) in [5.41, 5.74) is -2.36. The summed E-state index contributed by atoms with van der Waals surface area (Å²) in [7, 11) is 0. The Balaban J connectivity index is 2.58. The predicted molar refractivity (Wildman–Crippen MR) is 82.8 cm³/mol. The van der Waals surface area contributed by atoms with E-state index in [-0.39, 0.29) is 17.7 Å². The van der Waals surface area contributed by atoms with Gasteiger partial charge in [0.2, 0.25) is 0 Å². The minimum atomic E-state index is -1.71. The predicted octanol–water partition coefficient (Wildman–Crippen LogP) is -3.34. The normalized spacial score (nSPS) is 15.5. The SMILES string of the molecule is CCCn1c(=O)n(C[C@H](O)[C@H](O)[C@H](O)CO)c2[nH]c(=O)[nH]c(=O)c21. The number of aromatic amines is 2. The van der Waals surface area contributed by atoms with Gasteiger partial charge in [0.15, 0.2) is 5.52 Å². The minimum Gasteiger partial charge on any atom is -0.394 e. The Bertz CT molecular complexity index is 877. The smallest absolute Gasteiger partial charge is 0.330 e. The lowest BCUT2D eigenvalue weighted by Gasteiger charge is -2.21. The molecule has 0 aliphatic rings. The highest BCUT2D eigenvalue weighted by Crippen LogP contribution is 2.08. The molecule has 0 aliphatic heterocycles. The molecular formula is C13H20N4O7. The van der Waals surface area contributed by atoms with Gasteiger partial charge in [0, 0.05) is 6.54 Å². The van der Waals surface area contributed by atoms with Crippen molar-refractivity contribution in [1.29, 1.82) is 0 Å². The van der Waals surface area contributed by atoms with E-state index in [1.165, 1.54) is 0 Å². The highest BCUT2D eigenvalue weighted by molar-refractivity contribution is 5.69. The van der Waals surface area contributed by atoms with E-state index in [2.05, 4.69) is 4.98 Å². The van der Waals surface area contributed by atoms with Gasteiger partial charge in [-0.3, -0.25) is 23.9 Å². The van der Waals surface area contributed by atoms with Gasteiger partial charge in [0.25, 0.3) is 5.56 Å². The summed E-state index contributed by atoms with van der Waals surface area (Å²) in [5.74, 6) is 0. The summed E-state index contributed by atoms with van der Waals surface area (Å²) < 4.78 is 2.10. The van der Waals surface area contributed by atoms with Gasteiger partial charge in [-0.25, -0.2) is 9.59 Å². The van der Waals surface area contributed by atoms with Gasteiger partial charge in [-0.05, 0) is 6.42 Å². The van der Waals surface area contributed by atoms with Crippen LogP contribution in [0.25, 0.3) is 11.2 Å². The molecule has 0 amide bonds. The third-order valence-corrected chi connectivity index (χ3v) is 3.69. The van der Waals surface area contributed by atoms with Crippen molar-refractivity contribution in [3.05, 3.63) is 31.3 Å². The zero-order chi connectivity index (χ0) is 18.0. The summed E-state index contributed by atoms with van der Waals surface area (Å²) in [5, 5.41) is 37.9. The van der Waals surface area contributed by atoms with Crippen LogP contribution in [0.1, 0.15) is 13.3 Å². The first kappa shape index (κ1) is 18.1. The standard InChI is InChI=1S/C13H20N4O7/c1-2-3-16-8-10(14-12(23)15-11(8)22)17(13(16)24)4-6(19)9(21)7(20)5-18/h6-7,9,18-21H,2-5H2,1H3,(H2,14,15,22,23)/t6-,7+,9-/m0/s1. The van der Waals surface area contributed by atoms with Crippen LogP contribution in [0.4, 0.5) is 0 Å². The number of aliphatic hydroxyl groups is 4. The number of fused-ring (bicyclic) bond motifs is 1. The van der Waals surface area contributed by atoms with E-state index in [4.69, 9.17) is 5.11 Å². The number of aliphatic hydroxyl groups excluding tert-OH is 4. The van der Waals surface area contributed by atoms with E-state index >= 15 is 0 Å². The fraction of sp³-hybridized carbons (Fsp3) is 0.615. The van der Waals surface area contributed by atoms with Crippen molar-refractivity contribution >= 4 is 11.2 Å². The first-order valence-corrected chi connectivity index (χ1v) is 7.42. The number of nitrogens with one attached hydrogen (secondary N) is 2. The summed E-state index contributed by atoms with van der Waals surface area (Å²) in [6.45, 7) is 0.756. The maximum atomic E-state index is 12.5. The van der Waals surface area contributed by atoms with Crippen molar-refractivity contribution < 1.29 is 20.4 Å². The molecule has 0 saturated carbocycles. The summed E-state index contributed by atoms with van der Waals surface area (Å²) >= 11 is 0. The molecule has 2 heterocycles. The largest absolute Gasteiger partial charge is 0.394 e. The third kappa shape index (κ3) is 3.19. The Morgan fingerprint density at radius 3 is 2.29 bits per heavy atom. The molecule has 0 saturated heterocycles. The lowest BCUT2D eigenvalue weighted by Crippen LogP contribution is -2.43.